The van der Waals surface area contributed by atoms with Gasteiger partial charge in [0.15, 0.2) is 3.42 Å². The van der Waals surface area contributed by atoms with Crippen LogP contribution in [0.1, 0.15) is 13.8 Å². The third kappa shape index (κ3) is 2.74. The third-order valence-corrected chi connectivity index (χ3v) is 3.96. The van der Waals surface area contributed by atoms with Crippen LogP contribution in [0.4, 0.5) is 0 Å². The lowest BCUT2D eigenvalue weighted by Gasteiger charge is -2.31. The minimum absolute atomic E-state index is 0.367. The van der Waals surface area contributed by atoms with Gasteiger partial charge in [0.2, 0.25) is 0 Å². The second-order valence-corrected chi connectivity index (χ2v) is 6.19. The van der Waals surface area contributed by atoms with E-state index in [9.17, 15) is 5.11 Å². The van der Waals surface area contributed by atoms with Crippen LogP contribution in [0.3, 0.4) is 0 Å². The van der Waals surface area contributed by atoms with E-state index >= 15 is 0 Å². The van der Waals surface area contributed by atoms with E-state index in [0.717, 1.165) is 0 Å². The standard InChI is InChI=1S/C5H9Br2ClO/c1-4(2,3-8)5(6,7)9/h9H,3H2,1-2H3. The van der Waals surface area contributed by atoms with Crippen molar-refractivity contribution in [1.82, 2.24) is 0 Å². The van der Waals surface area contributed by atoms with Crippen LogP contribution in [0.25, 0.3) is 0 Å². The Labute approximate surface area is 77.0 Å². The summed E-state index contributed by atoms with van der Waals surface area (Å²) in [4.78, 5) is 0. The second-order valence-electron chi connectivity index (χ2n) is 2.56. The molecule has 1 nitrogen and oxygen atoms in total. The highest BCUT2D eigenvalue weighted by Gasteiger charge is 2.38. The first-order valence-corrected chi connectivity index (χ1v) is 4.59. The van der Waals surface area contributed by atoms with Gasteiger partial charge < -0.3 is 5.11 Å². The zero-order valence-corrected chi connectivity index (χ0v) is 9.22. The highest BCUT2D eigenvalue weighted by molar-refractivity contribution is 9.25. The molecule has 0 atom stereocenters. The molecule has 0 aromatic carbocycles. The minimum atomic E-state index is -1.06. The molecule has 0 saturated carbocycles. The lowest BCUT2D eigenvalue weighted by molar-refractivity contribution is 0.127. The van der Waals surface area contributed by atoms with Crippen molar-refractivity contribution in [1.29, 1.82) is 0 Å². The molecular formula is C5H9Br2ClO. The molecule has 0 aliphatic carbocycles. The molecule has 0 heterocycles. The topological polar surface area (TPSA) is 20.2 Å². The van der Waals surface area contributed by atoms with E-state index < -0.39 is 3.42 Å². The van der Waals surface area contributed by atoms with Gasteiger partial charge in [-0.3, -0.25) is 0 Å². The molecule has 0 rings (SSSR count). The van der Waals surface area contributed by atoms with Gasteiger partial charge in [0.05, 0.1) is 0 Å². The molecule has 9 heavy (non-hydrogen) atoms. The van der Waals surface area contributed by atoms with Gasteiger partial charge in [-0.15, -0.1) is 11.6 Å². The zero-order chi connectivity index (χ0) is 7.71. The first kappa shape index (κ1) is 10.2. The lowest BCUT2D eigenvalue weighted by atomic mass is 9.98. The van der Waals surface area contributed by atoms with Gasteiger partial charge in [0, 0.05) is 11.3 Å². The van der Waals surface area contributed by atoms with Crippen LogP contribution in [-0.4, -0.2) is 14.4 Å². The molecular weight excluding hydrogens is 271 g/mol. The first-order chi connectivity index (χ1) is 3.81. The molecule has 0 spiro atoms. The van der Waals surface area contributed by atoms with Crippen LogP contribution in [0.15, 0.2) is 0 Å². The van der Waals surface area contributed by atoms with Crippen molar-refractivity contribution >= 4 is 43.5 Å². The number of hydrogen-bond donors (Lipinski definition) is 1. The number of alkyl halides is 3. The average Bonchev–Trinajstić information content (AvgIpc) is 1.64. The van der Waals surface area contributed by atoms with E-state index in [0.29, 0.717) is 5.88 Å². The van der Waals surface area contributed by atoms with E-state index in [-0.39, 0.29) is 5.41 Å². The highest BCUT2D eigenvalue weighted by Crippen LogP contribution is 2.41. The van der Waals surface area contributed by atoms with Crippen molar-refractivity contribution in [2.45, 2.75) is 17.3 Å². The number of halogens is 3. The summed E-state index contributed by atoms with van der Waals surface area (Å²) in [6, 6.07) is 0. The Bertz CT molecular complexity index is 97.6. The van der Waals surface area contributed by atoms with Crippen LogP contribution in [0.5, 0.6) is 0 Å². The van der Waals surface area contributed by atoms with E-state index in [1.807, 2.05) is 13.8 Å². The van der Waals surface area contributed by atoms with E-state index in [2.05, 4.69) is 31.9 Å². The Morgan fingerprint density at radius 2 is 1.78 bits per heavy atom. The summed E-state index contributed by atoms with van der Waals surface area (Å²) in [6.45, 7) is 3.70. The Kier molecular flexibility index (Phi) is 3.49. The number of rotatable bonds is 2. The number of hydrogen-bond acceptors (Lipinski definition) is 1. The average molecular weight is 280 g/mol. The molecule has 1 N–H and O–H groups in total. The molecule has 0 aromatic heterocycles. The van der Waals surface area contributed by atoms with Crippen LogP contribution >= 0.6 is 43.5 Å². The Morgan fingerprint density at radius 3 is 1.78 bits per heavy atom. The predicted octanol–water partition coefficient (Wildman–Crippen LogP) is 2.69. The molecule has 0 aliphatic rings. The third-order valence-electron chi connectivity index (χ3n) is 1.15. The molecule has 0 bridgehead atoms. The second kappa shape index (κ2) is 3.07. The van der Waals surface area contributed by atoms with E-state index in [1.165, 1.54) is 0 Å². The Hall–Kier alpha value is 1.21. The smallest absolute Gasteiger partial charge is 0.181 e. The molecule has 0 aromatic rings. The zero-order valence-electron chi connectivity index (χ0n) is 5.29. The van der Waals surface area contributed by atoms with Gasteiger partial charge in [-0.25, -0.2) is 0 Å². The lowest BCUT2D eigenvalue weighted by Crippen LogP contribution is -2.34. The maximum Gasteiger partial charge on any atom is 0.181 e. The molecule has 0 unspecified atom stereocenters. The largest absolute Gasteiger partial charge is 0.369 e. The van der Waals surface area contributed by atoms with Crippen LogP contribution < -0.4 is 0 Å². The van der Waals surface area contributed by atoms with Gasteiger partial charge in [0.25, 0.3) is 0 Å². The summed E-state index contributed by atoms with van der Waals surface area (Å²) in [7, 11) is 0. The van der Waals surface area contributed by atoms with E-state index in [4.69, 9.17) is 11.6 Å². The molecule has 0 aliphatic heterocycles. The molecule has 0 saturated heterocycles. The highest BCUT2D eigenvalue weighted by atomic mass is 79.9. The van der Waals surface area contributed by atoms with Crippen molar-refractivity contribution in [2.24, 2.45) is 5.41 Å². The fraction of sp³-hybridized carbons (Fsp3) is 1.00. The normalized spacial score (nSPS) is 14.0. The SMILES string of the molecule is CC(C)(CCl)C(O)(Br)Br. The summed E-state index contributed by atoms with van der Waals surface area (Å²) < 4.78 is -1.06. The van der Waals surface area contributed by atoms with Gasteiger partial charge in [-0.2, -0.15) is 0 Å². The van der Waals surface area contributed by atoms with Crippen molar-refractivity contribution < 1.29 is 5.11 Å². The quantitative estimate of drug-likeness (QED) is 0.771. The minimum Gasteiger partial charge on any atom is -0.369 e. The van der Waals surface area contributed by atoms with Gasteiger partial charge in [-0.05, 0) is 31.9 Å². The van der Waals surface area contributed by atoms with Crippen molar-refractivity contribution in [3.63, 3.8) is 0 Å². The van der Waals surface area contributed by atoms with Gasteiger partial charge >= 0.3 is 0 Å². The first-order valence-electron chi connectivity index (χ1n) is 2.47. The van der Waals surface area contributed by atoms with Crippen LogP contribution in [0.2, 0.25) is 0 Å². The van der Waals surface area contributed by atoms with Crippen LogP contribution in [0, 0.1) is 5.41 Å². The van der Waals surface area contributed by atoms with Crippen molar-refractivity contribution in [2.75, 3.05) is 5.88 Å². The summed E-state index contributed by atoms with van der Waals surface area (Å²) in [6.07, 6.45) is 0. The fourth-order valence-corrected chi connectivity index (χ4v) is 0.877. The summed E-state index contributed by atoms with van der Waals surface area (Å²) in [5.41, 5.74) is -0.367. The fourth-order valence-electron chi connectivity index (χ4n) is 0.0804. The monoisotopic (exact) mass is 278 g/mol. The Morgan fingerprint density at radius 1 is 1.44 bits per heavy atom. The molecule has 0 fully saturated rings. The van der Waals surface area contributed by atoms with E-state index in [1.54, 1.807) is 0 Å². The number of aliphatic hydroxyl groups is 1. The van der Waals surface area contributed by atoms with Gasteiger partial charge in [0.1, 0.15) is 0 Å². The Balaban J connectivity index is 4.14. The molecule has 0 radical (unpaired) electrons. The van der Waals surface area contributed by atoms with Crippen LogP contribution in [-0.2, 0) is 0 Å². The molecule has 0 amide bonds. The van der Waals surface area contributed by atoms with Crippen molar-refractivity contribution in [3.8, 4) is 0 Å². The molecule has 56 valence electrons. The summed E-state index contributed by atoms with van der Waals surface area (Å²) in [5, 5.41) is 9.29. The summed E-state index contributed by atoms with van der Waals surface area (Å²) >= 11 is 11.7. The predicted molar refractivity (Wildman–Crippen MR) is 47.3 cm³/mol. The molecule has 4 heteroatoms. The maximum absolute atomic E-state index is 9.29. The maximum atomic E-state index is 9.29. The summed E-state index contributed by atoms with van der Waals surface area (Å²) in [5.74, 6) is 0.389. The van der Waals surface area contributed by atoms with Crippen molar-refractivity contribution in [3.05, 3.63) is 0 Å². The van der Waals surface area contributed by atoms with Gasteiger partial charge in [-0.1, -0.05) is 13.8 Å².